The quantitative estimate of drug-likeness (QED) is 0.268. The molecular formula is C32H37ClFN3O5S. The Labute approximate surface area is 257 Å². The van der Waals surface area contributed by atoms with E-state index in [1.165, 1.54) is 48.4 Å². The van der Waals surface area contributed by atoms with Crippen LogP contribution in [-0.4, -0.2) is 50.9 Å². The molecule has 3 aromatic carbocycles. The molecule has 230 valence electrons. The van der Waals surface area contributed by atoms with Crippen molar-refractivity contribution in [2.24, 2.45) is 0 Å². The number of nitrogens with one attached hydrogen (secondary N) is 1. The van der Waals surface area contributed by atoms with Crippen LogP contribution in [0.2, 0.25) is 5.02 Å². The minimum Gasteiger partial charge on any atom is -0.495 e. The first-order valence-electron chi connectivity index (χ1n) is 14.4. The minimum atomic E-state index is -4.29. The third kappa shape index (κ3) is 8.06. The first-order chi connectivity index (χ1) is 20.6. The van der Waals surface area contributed by atoms with Crippen molar-refractivity contribution in [2.45, 2.75) is 69.0 Å². The number of ether oxygens (including phenoxy) is 1. The van der Waals surface area contributed by atoms with E-state index in [1.54, 1.807) is 43.3 Å². The summed E-state index contributed by atoms with van der Waals surface area (Å²) in [6.07, 6.45) is 5.19. The smallest absolute Gasteiger partial charge is 0.264 e. The molecule has 43 heavy (non-hydrogen) atoms. The van der Waals surface area contributed by atoms with Gasteiger partial charge in [0.2, 0.25) is 11.8 Å². The van der Waals surface area contributed by atoms with Gasteiger partial charge in [-0.05, 0) is 67.3 Å². The van der Waals surface area contributed by atoms with Gasteiger partial charge in [-0.2, -0.15) is 0 Å². The van der Waals surface area contributed by atoms with E-state index in [-0.39, 0.29) is 46.3 Å². The summed E-state index contributed by atoms with van der Waals surface area (Å²) < 4.78 is 48.2. The van der Waals surface area contributed by atoms with Gasteiger partial charge in [0, 0.05) is 17.6 Å². The van der Waals surface area contributed by atoms with Gasteiger partial charge in [0.25, 0.3) is 10.0 Å². The van der Waals surface area contributed by atoms with Crippen LogP contribution < -0.4 is 14.4 Å². The van der Waals surface area contributed by atoms with E-state index < -0.39 is 34.3 Å². The van der Waals surface area contributed by atoms with Crippen molar-refractivity contribution >= 4 is 39.1 Å². The van der Waals surface area contributed by atoms with Gasteiger partial charge in [0.1, 0.15) is 24.2 Å². The Kier molecular flexibility index (Phi) is 11.0. The van der Waals surface area contributed by atoms with Crippen molar-refractivity contribution in [3.63, 3.8) is 0 Å². The summed E-state index contributed by atoms with van der Waals surface area (Å²) in [5, 5.41) is 3.35. The van der Waals surface area contributed by atoms with Gasteiger partial charge in [-0.3, -0.25) is 13.9 Å². The molecule has 1 N–H and O–H groups in total. The van der Waals surface area contributed by atoms with Crippen LogP contribution >= 0.6 is 11.6 Å². The second kappa shape index (κ2) is 14.7. The maximum atomic E-state index is 14.2. The molecule has 11 heteroatoms. The molecule has 0 heterocycles. The number of sulfonamides is 1. The van der Waals surface area contributed by atoms with Crippen molar-refractivity contribution in [2.75, 3.05) is 18.0 Å². The van der Waals surface area contributed by atoms with Gasteiger partial charge in [-0.15, -0.1) is 0 Å². The average molecular weight is 630 g/mol. The summed E-state index contributed by atoms with van der Waals surface area (Å²) >= 11 is 6.28. The summed E-state index contributed by atoms with van der Waals surface area (Å²) in [5.74, 6) is -1.15. The standard InChI is InChI=1S/C32H37ClFN3O5S/c1-3-28(32(39)35-26-10-6-4-7-11-26)36(21-23-14-17-25(34)18-15-23)31(38)22-37(29-20-24(33)16-19-30(29)42-2)43(40,41)27-12-8-5-9-13-27/h5,8-9,12-20,26,28H,3-4,6-7,10-11,21-22H2,1-2H3,(H,35,39). The van der Waals surface area contributed by atoms with Crippen molar-refractivity contribution in [1.29, 1.82) is 0 Å². The summed E-state index contributed by atoms with van der Waals surface area (Å²) in [6.45, 7) is 1.14. The fraction of sp³-hybridized carbons (Fsp3) is 0.375. The Morgan fingerprint density at radius 1 is 1.02 bits per heavy atom. The Morgan fingerprint density at radius 2 is 1.70 bits per heavy atom. The third-order valence-corrected chi connectivity index (χ3v) is 9.63. The Morgan fingerprint density at radius 3 is 2.33 bits per heavy atom. The summed E-state index contributed by atoms with van der Waals surface area (Å²) in [7, 11) is -2.89. The summed E-state index contributed by atoms with van der Waals surface area (Å²) in [4.78, 5) is 29.2. The average Bonchev–Trinajstić information content (AvgIpc) is 3.01. The molecule has 0 radical (unpaired) electrons. The van der Waals surface area contributed by atoms with Crippen LogP contribution in [0, 0.1) is 5.82 Å². The zero-order valence-corrected chi connectivity index (χ0v) is 25.9. The molecule has 1 atom stereocenters. The van der Waals surface area contributed by atoms with E-state index in [1.807, 2.05) is 0 Å². The zero-order chi connectivity index (χ0) is 31.0. The molecule has 8 nitrogen and oxygen atoms in total. The minimum absolute atomic E-state index is 0.0174. The SMILES string of the molecule is CCC(C(=O)NC1CCCCC1)N(Cc1ccc(F)cc1)C(=O)CN(c1cc(Cl)ccc1OC)S(=O)(=O)c1ccccc1. The fourth-order valence-electron chi connectivity index (χ4n) is 5.34. The normalized spacial score (nSPS) is 14.5. The number of methoxy groups -OCH3 is 1. The number of rotatable bonds is 12. The van der Waals surface area contributed by atoms with Crippen LogP contribution in [0.5, 0.6) is 5.75 Å². The highest BCUT2D eigenvalue weighted by Gasteiger charge is 2.35. The van der Waals surface area contributed by atoms with Gasteiger partial charge in [-0.1, -0.05) is 68.1 Å². The molecule has 1 aliphatic carbocycles. The number of hydrogen-bond donors (Lipinski definition) is 1. The van der Waals surface area contributed by atoms with Crippen LogP contribution in [0.25, 0.3) is 0 Å². The van der Waals surface area contributed by atoms with E-state index in [0.29, 0.717) is 5.56 Å². The van der Waals surface area contributed by atoms with Crippen LogP contribution in [0.4, 0.5) is 10.1 Å². The van der Waals surface area contributed by atoms with Crippen molar-refractivity contribution in [3.8, 4) is 5.75 Å². The number of hydrogen-bond acceptors (Lipinski definition) is 5. The molecule has 3 aromatic rings. The predicted octanol–water partition coefficient (Wildman–Crippen LogP) is 5.94. The van der Waals surface area contributed by atoms with E-state index in [9.17, 15) is 22.4 Å². The maximum Gasteiger partial charge on any atom is 0.264 e. The Hall–Kier alpha value is -3.63. The topological polar surface area (TPSA) is 96.0 Å². The van der Waals surface area contributed by atoms with E-state index in [0.717, 1.165) is 36.4 Å². The number of anilines is 1. The lowest BCUT2D eigenvalue weighted by Gasteiger charge is -2.34. The number of carbonyl (C=O) groups is 2. The lowest BCUT2D eigenvalue weighted by molar-refractivity contribution is -0.140. The first kappa shape index (κ1) is 32.3. The molecule has 1 fully saturated rings. The second-order valence-electron chi connectivity index (χ2n) is 10.6. The monoisotopic (exact) mass is 629 g/mol. The lowest BCUT2D eigenvalue weighted by Crippen LogP contribution is -2.54. The van der Waals surface area contributed by atoms with Crippen molar-refractivity contribution in [1.82, 2.24) is 10.2 Å². The molecule has 2 amide bonds. The van der Waals surface area contributed by atoms with Crippen LogP contribution in [-0.2, 0) is 26.2 Å². The van der Waals surface area contributed by atoms with Crippen LogP contribution in [0.1, 0.15) is 51.0 Å². The second-order valence-corrected chi connectivity index (χ2v) is 12.9. The highest BCUT2D eigenvalue weighted by molar-refractivity contribution is 7.92. The highest BCUT2D eigenvalue weighted by atomic mass is 35.5. The third-order valence-electron chi connectivity index (χ3n) is 7.62. The maximum absolute atomic E-state index is 14.2. The highest BCUT2D eigenvalue weighted by Crippen LogP contribution is 2.35. The number of amides is 2. The number of carbonyl (C=O) groups excluding carboxylic acids is 2. The van der Waals surface area contributed by atoms with Crippen LogP contribution in [0.15, 0.2) is 77.7 Å². The predicted molar refractivity (Wildman–Crippen MR) is 165 cm³/mol. The number of nitrogens with zero attached hydrogens (tertiary/aromatic N) is 2. The van der Waals surface area contributed by atoms with Crippen molar-refractivity contribution < 1.29 is 27.1 Å². The molecule has 1 unspecified atom stereocenters. The molecule has 1 aliphatic rings. The zero-order valence-electron chi connectivity index (χ0n) is 24.3. The molecule has 0 saturated heterocycles. The van der Waals surface area contributed by atoms with Gasteiger partial charge in [0.15, 0.2) is 0 Å². The first-order valence-corrected chi connectivity index (χ1v) is 16.2. The van der Waals surface area contributed by atoms with Gasteiger partial charge < -0.3 is 15.0 Å². The van der Waals surface area contributed by atoms with Gasteiger partial charge in [-0.25, -0.2) is 12.8 Å². The molecule has 0 aliphatic heterocycles. The van der Waals surface area contributed by atoms with Gasteiger partial charge >= 0.3 is 0 Å². The molecule has 4 rings (SSSR count). The molecule has 1 saturated carbocycles. The Balaban J connectivity index is 1.74. The largest absolute Gasteiger partial charge is 0.495 e. The molecule has 0 spiro atoms. The van der Waals surface area contributed by atoms with Crippen molar-refractivity contribution in [3.05, 3.63) is 89.2 Å². The molecular weight excluding hydrogens is 593 g/mol. The Bertz CT molecular complexity index is 1500. The lowest BCUT2D eigenvalue weighted by atomic mass is 9.95. The molecule has 0 aromatic heterocycles. The number of benzene rings is 3. The fourth-order valence-corrected chi connectivity index (χ4v) is 6.95. The van der Waals surface area contributed by atoms with Crippen LogP contribution in [0.3, 0.4) is 0 Å². The van der Waals surface area contributed by atoms with E-state index >= 15 is 0 Å². The summed E-state index contributed by atoms with van der Waals surface area (Å²) in [6, 6.07) is 17.0. The summed E-state index contributed by atoms with van der Waals surface area (Å²) in [5.41, 5.74) is 0.671. The molecule has 0 bridgehead atoms. The number of halogens is 2. The van der Waals surface area contributed by atoms with Gasteiger partial charge in [0.05, 0.1) is 17.7 Å². The van der Waals surface area contributed by atoms with E-state index in [4.69, 9.17) is 16.3 Å². The van der Waals surface area contributed by atoms with E-state index in [2.05, 4.69) is 5.32 Å².